The van der Waals surface area contributed by atoms with Crippen molar-refractivity contribution in [2.75, 3.05) is 13.2 Å². The number of ether oxygens (including phenoxy) is 2. The number of amidine groups is 2. The first-order chi connectivity index (χ1) is 15.4. The number of nitrogens with one attached hydrogen (secondary N) is 1. The maximum absolute atomic E-state index is 12.6. The Bertz CT molecular complexity index is 1140. The van der Waals surface area contributed by atoms with Gasteiger partial charge in [0.25, 0.3) is 5.91 Å². The lowest BCUT2D eigenvalue weighted by molar-refractivity contribution is -0.114. The number of carbonyl (C=O) groups excluding carboxylic acids is 1. The monoisotopic (exact) mass is 448 g/mol. The third-order valence-corrected chi connectivity index (χ3v) is 6.02. The number of thioether (sulfide) groups is 1. The number of para-hydroxylation sites is 1. The first kappa shape index (κ1) is 21.8. The molecule has 0 unspecified atom stereocenters. The number of hydrazone groups is 1. The molecule has 1 N–H and O–H groups in total. The van der Waals surface area contributed by atoms with E-state index in [0.29, 0.717) is 29.7 Å². The Morgan fingerprint density at radius 3 is 2.56 bits per heavy atom. The predicted molar refractivity (Wildman–Crippen MR) is 128 cm³/mol. The van der Waals surface area contributed by atoms with Gasteiger partial charge >= 0.3 is 0 Å². The van der Waals surface area contributed by atoms with Crippen molar-refractivity contribution >= 4 is 39.8 Å². The highest BCUT2D eigenvalue weighted by Gasteiger charge is 2.36. The Hall–Kier alpha value is -3.39. The molecule has 0 fully saturated rings. The van der Waals surface area contributed by atoms with Crippen LogP contribution in [0.1, 0.15) is 25.0 Å². The van der Waals surface area contributed by atoms with Gasteiger partial charge in [0, 0.05) is 11.5 Å². The molecule has 32 heavy (non-hydrogen) atoms. The van der Waals surface area contributed by atoms with E-state index in [2.05, 4.69) is 10.1 Å². The fourth-order valence-corrected chi connectivity index (χ4v) is 3.96. The molecule has 2 heterocycles. The van der Waals surface area contributed by atoms with Gasteiger partial charge in [-0.1, -0.05) is 49.7 Å². The van der Waals surface area contributed by atoms with Gasteiger partial charge in [-0.15, -0.1) is 0 Å². The molecule has 164 valence electrons. The fourth-order valence-electron chi connectivity index (χ4n) is 3.07. The largest absolute Gasteiger partial charge is 0.490 e. The number of rotatable bonds is 7. The normalized spacial score (nSPS) is 16.9. The maximum atomic E-state index is 12.6. The van der Waals surface area contributed by atoms with Crippen LogP contribution in [0.15, 0.2) is 64.2 Å². The molecule has 8 heteroatoms. The van der Waals surface area contributed by atoms with Gasteiger partial charge in [0.2, 0.25) is 5.17 Å². The number of carbonyl (C=O) groups is 1. The molecule has 1 amide bonds. The van der Waals surface area contributed by atoms with Gasteiger partial charge in [-0.05, 0) is 43.0 Å². The minimum Gasteiger partial charge on any atom is -0.490 e. The Kier molecular flexibility index (Phi) is 6.41. The molecular formula is C24H24N4O3S. The molecular weight excluding hydrogens is 424 g/mol. The van der Waals surface area contributed by atoms with Crippen LogP contribution in [0.25, 0.3) is 6.08 Å². The van der Waals surface area contributed by atoms with Crippen molar-refractivity contribution in [3.63, 3.8) is 0 Å². The molecule has 2 aliphatic heterocycles. The van der Waals surface area contributed by atoms with Gasteiger partial charge in [0.05, 0.1) is 5.57 Å². The molecule has 0 saturated heterocycles. The summed E-state index contributed by atoms with van der Waals surface area (Å²) in [6.07, 6.45) is 1.63. The van der Waals surface area contributed by atoms with Crippen LogP contribution in [0, 0.1) is 18.3 Å². The van der Waals surface area contributed by atoms with Crippen LogP contribution in [-0.2, 0) is 4.79 Å². The van der Waals surface area contributed by atoms with E-state index >= 15 is 0 Å². The number of fused-ring (bicyclic) bond motifs is 1. The summed E-state index contributed by atoms with van der Waals surface area (Å²) in [5.74, 6) is 1.14. The lowest BCUT2D eigenvalue weighted by Gasteiger charge is -2.20. The molecule has 0 aliphatic carbocycles. The Morgan fingerprint density at radius 2 is 1.81 bits per heavy atom. The minimum atomic E-state index is -0.452. The molecule has 0 atom stereocenters. The zero-order valence-corrected chi connectivity index (χ0v) is 19.0. The standard InChI is InChI=1S/C24H24N4O3S/c1-15(2)23-27-28-21(25)19(22(29)26-24(28)32-23)14-17-6-4-5-7-20(17)31-13-12-30-18-10-8-16(3)9-11-18/h4-11,14-15,25H,12-13H2,1-3H3/b19-14-,25-21?. The highest BCUT2D eigenvalue weighted by Crippen LogP contribution is 2.31. The van der Waals surface area contributed by atoms with Gasteiger partial charge in [-0.25, -0.2) is 0 Å². The van der Waals surface area contributed by atoms with E-state index in [1.54, 1.807) is 6.08 Å². The van der Waals surface area contributed by atoms with Crippen molar-refractivity contribution in [2.45, 2.75) is 20.8 Å². The summed E-state index contributed by atoms with van der Waals surface area (Å²) in [4.78, 5) is 16.8. The summed E-state index contributed by atoms with van der Waals surface area (Å²) in [7, 11) is 0. The van der Waals surface area contributed by atoms with Crippen LogP contribution in [0.2, 0.25) is 0 Å². The first-order valence-electron chi connectivity index (χ1n) is 10.3. The summed E-state index contributed by atoms with van der Waals surface area (Å²) >= 11 is 1.33. The smallest absolute Gasteiger partial charge is 0.283 e. The van der Waals surface area contributed by atoms with E-state index in [9.17, 15) is 4.79 Å². The molecule has 0 bridgehead atoms. The molecule has 0 aromatic heterocycles. The van der Waals surface area contributed by atoms with Crippen LogP contribution in [0.4, 0.5) is 0 Å². The fraction of sp³-hybridized carbons (Fsp3) is 0.250. The molecule has 2 aliphatic rings. The minimum absolute atomic E-state index is 0.0145. The second kappa shape index (κ2) is 9.40. The summed E-state index contributed by atoms with van der Waals surface area (Å²) < 4.78 is 11.6. The number of aryl methyl sites for hydroxylation is 1. The molecule has 0 spiro atoms. The number of hydrogen-bond donors (Lipinski definition) is 1. The number of nitrogens with zero attached hydrogens (tertiary/aromatic N) is 3. The van der Waals surface area contributed by atoms with Gasteiger partial charge in [0.15, 0.2) is 5.84 Å². The average molecular weight is 449 g/mol. The molecule has 4 rings (SSSR count). The zero-order valence-electron chi connectivity index (χ0n) is 18.2. The summed E-state index contributed by atoms with van der Waals surface area (Å²) in [6.45, 7) is 6.78. The first-order valence-corrected chi connectivity index (χ1v) is 11.2. The predicted octanol–water partition coefficient (Wildman–Crippen LogP) is 4.73. The Balaban J connectivity index is 1.47. The Morgan fingerprint density at radius 1 is 1.09 bits per heavy atom. The lowest BCUT2D eigenvalue weighted by atomic mass is 10.1. The van der Waals surface area contributed by atoms with Gasteiger partial charge in [-0.3, -0.25) is 10.2 Å². The van der Waals surface area contributed by atoms with E-state index in [4.69, 9.17) is 14.9 Å². The summed E-state index contributed by atoms with van der Waals surface area (Å²) in [5, 5.41) is 15.6. The van der Waals surface area contributed by atoms with Crippen LogP contribution in [0.5, 0.6) is 11.5 Å². The molecule has 0 radical (unpaired) electrons. The van der Waals surface area contributed by atoms with Crippen LogP contribution < -0.4 is 9.47 Å². The van der Waals surface area contributed by atoms with Crippen molar-refractivity contribution in [1.82, 2.24) is 5.01 Å². The summed E-state index contributed by atoms with van der Waals surface area (Å²) in [6, 6.07) is 15.2. The van der Waals surface area contributed by atoms with E-state index in [0.717, 1.165) is 10.8 Å². The average Bonchev–Trinajstić information content (AvgIpc) is 3.21. The van der Waals surface area contributed by atoms with Gasteiger partial charge < -0.3 is 9.47 Å². The van der Waals surface area contributed by atoms with Crippen LogP contribution >= 0.6 is 11.8 Å². The highest BCUT2D eigenvalue weighted by atomic mass is 32.2. The lowest BCUT2D eigenvalue weighted by Crippen LogP contribution is -2.35. The van der Waals surface area contributed by atoms with E-state index in [1.807, 2.05) is 69.3 Å². The van der Waals surface area contributed by atoms with Crippen molar-refractivity contribution < 1.29 is 14.3 Å². The summed E-state index contributed by atoms with van der Waals surface area (Å²) in [5.41, 5.74) is 2.04. The third kappa shape index (κ3) is 4.75. The zero-order chi connectivity index (χ0) is 22.7. The number of amides is 1. The molecule has 7 nitrogen and oxygen atoms in total. The van der Waals surface area contributed by atoms with Crippen LogP contribution in [-0.4, -0.2) is 40.2 Å². The van der Waals surface area contributed by atoms with E-state index in [-0.39, 0.29) is 17.3 Å². The van der Waals surface area contributed by atoms with Crippen LogP contribution in [0.3, 0.4) is 0 Å². The number of aliphatic imine (C=N–C) groups is 1. The van der Waals surface area contributed by atoms with Gasteiger partial charge in [-0.2, -0.15) is 15.1 Å². The topological polar surface area (TPSA) is 87.3 Å². The number of benzene rings is 2. The highest BCUT2D eigenvalue weighted by molar-refractivity contribution is 8.27. The second-order valence-corrected chi connectivity index (χ2v) is 8.65. The van der Waals surface area contributed by atoms with E-state index < -0.39 is 5.91 Å². The van der Waals surface area contributed by atoms with Gasteiger partial charge in [0.1, 0.15) is 29.8 Å². The second-order valence-electron chi connectivity index (χ2n) is 7.66. The molecule has 0 saturated carbocycles. The number of hydrogen-bond acceptors (Lipinski definition) is 6. The Labute approximate surface area is 191 Å². The molecule has 2 aromatic rings. The van der Waals surface area contributed by atoms with Crippen molar-refractivity contribution in [3.05, 3.63) is 65.2 Å². The maximum Gasteiger partial charge on any atom is 0.283 e. The quantitative estimate of drug-likeness (QED) is 0.489. The van der Waals surface area contributed by atoms with Crippen molar-refractivity contribution in [2.24, 2.45) is 16.0 Å². The van der Waals surface area contributed by atoms with Crippen molar-refractivity contribution in [3.8, 4) is 11.5 Å². The van der Waals surface area contributed by atoms with Crippen molar-refractivity contribution in [1.29, 1.82) is 5.41 Å². The van der Waals surface area contributed by atoms with E-state index in [1.165, 1.54) is 22.3 Å². The third-order valence-electron chi connectivity index (χ3n) is 4.81. The SMILES string of the molecule is Cc1ccc(OCCOc2ccccc2/C=C2/C(=N)N3N=C(C(C)C)SC3=NC2=O)cc1. The molecule has 2 aromatic carbocycles.